The Balaban J connectivity index is 2.76. The molecule has 0 radical (unpaired) electrons. The van der Waals surface area contributed by atoms with Crippen LogP contribution in [0, 0.1) is 0 Å². The molecule has 0 aliphatic rings. The van der Waals surface area contributed by atoms with E-state index in [1.807, 2.05) is 0 Å². The van der Waals surface area contributed by atoms with E-state index in [2.05, 4.69) is 6.92 Å². The Hall–Kier alpha value is 0.532. The van der Waals surface area contributed by atoms with Crippen molar-refractivity contribution in [3.05, 3.63) is 0 Å². The Kier molecular flexibility index (Phi) is 13.0. The second-order valence-corrected chi connectivity index (χ2v) is 5.18. The summed E-state index contributed by atoms with van der Waals surface area (Å²) in [6, 6.07) is 0. The predicted octanol–water partition coefficient (Wildman–Crippen LogP) is 3.96. The maximum Gasteiger partial charge on any atom is 0.211 e. The third kappa shape index (κ3) is 12.5. The van der Waals surface area contributed by atoms with Crippen molar-refractivity contribution in [3.8, 4) is 0 Å². The van der Waals surface area contributed by atoms with E-state index < -0.39 is 0 Å². The quantitative estimate of drug-likeness (QED) is 0.368. The number of hydrogen-bond acceptors (Lipinski definition) is 0. The van der Waals surface area contributed by atoms with Crippen LogP contribution in [0.4, 0.5) is 0 Å². The van der Waals surface area contributed by atoms with Crippen molar-refractivity contribution in [2.75, 3.05) is 0 Å². The molecule has 0 atom stereocenters. The number of unbranched alkanes of at least 4 members (excludes halogenated alkanes) is 9. The first-order chi connectivity index (χ1) is 6.41. The second-order valence-electron chi connectivity index (χ2n) is 4.18. The van der Waals surface area contributed by atoms with Gasteiger partial charge in [-0.25, -0.2) is 0 Å². The summed E-state index contributed by atoms with van der Waals surface area (Å²) in [7, 11) is 0. The minimum Gasteiger partial charge on any atom is -0.101 e. The highest BCUT2D eigenvalue weighted by atomic mass is 27.0. The molecular formula is C12H27Al. The van der Waals surface area contributed by atoms with Crippen molar-refractivity contribution in [2.24, 2.45) is 0 Å². The van der Waals surface area contributed by atoms with Crippen LogP contribution in [0.5, 0.6) is 0 Å². The van der Waals surface area contributed by atoms with Gasteiger partial charge in [0.2, 0.25) is 16.3 Å². The molecule has 0 aromatic rings. The normalized spacial score (nSPS) is 10.5. The fraction of sp³-hybridized carbons (Fsp3) is 1.00. The largest absolute Gasteiger partial charge is 0.211 e. The van der Waals surface area contributed by atoms with Crippen LogP contribution in [0.2, 0.25) is 5.28 Å². The average molecular weight is 198 g/mol. The van der Waals surface area contributed by atoms with Gasteiger partial charge in [-0.3, -0.25) is 0 Å². The zero-order valence-corrected chi connectivity index (χ0v) is 11.8. The minimum atomic E-state index is 1.38. The Labute approximate surface area is 92.9 Å². The molecule has 0 amide bonds. The summed E-state index contributed by atoms with van der Waals surface area (Å²) in [6.45, 7) is 2.29. The van der Waals surface area contributed by atoms with E-state index >= 15 is 0 Å². The van der Waals surface area contributed by atoms with Crippen molar-refractivity contribution < 1.29 is 0 Å². The van der Waals surface area contributed by atoms with Gasteiger partial charge in [-0.2, -0.15) is 0 Å². The zero-order chi connectivity index (χ0) is 9.78. The summed E-state index contributed by atoms with van der Waals surface area (Å²) in [5, 5.41) is 1.51. The number of rotatable bonds is 10. The molecular weight excluding hydrogens is 171 g/mol. The van der Waals surface area contributed by atoms with Gasteiger partial charge < -0.3 is 0 Å². The van der Waals surface area contributed by atoms with E-state index in [9.17, 15) is 0 Å². The molecule has 0 aliphatic carbocycles. The van der Waals surface area contributed by atoms with Gasteiger partial charge in [0, 0.05) is 0 Å². The monoisotopic (exact) mass is 198 g/mol. The Morgan fingerprint density at radius 3 is 1.38 bits per heavy atom. The molecule has 78 valence electrons. The molecule has 0 aromatic heterocycles. The molecule has 0 bridgehead atoms. The van der Waals surface area contributed by atoms with E-state index in [1.165, 1.54) is 85.8 Å². The Bertz CT molecular complexity index is 71.2. The third-order valence-corrected chi connectivity index (χ3v) is 3.41. The zero-order valence-electron chi connectivity index (χ0n) is 9.78. The lowest BCUT2D eigenvalue weighted by molar-refractivity contribution is 0.562. The maximum absolute atomic E-state index is 2.29. The molecule has 0 nitrogen and oxygen atoms in total. The third-order valence-electron chi connectivity index (χ3n) is 2.71. The fourth-order valence-electron chi connectivity index (χ4n) is 1.74. The van der Waals surface area contributed by atoms with Gasteiger partial charge in [-0.15, -0.1) is 5.28 Å². The summed E-state index contributed by atoms with van der Waals surface area (Å²) < 4.78 is 0. The van der Waals surface area contributed by atoms with Gasteiger partial charge in [0.05, 0.1) is 0 Å². The lowest BCUT2D eigenvalue weighted by atomic mass is 10.1. The summed E-state index contributed by atoms with van der Waals surface area (Å²) in [4.78, 5) is 0. The average Bonchev–Trinajstić information content (AvgIpc) is 2.16. The van der Waals surface area contributed by atoms with Crippen molar-refractivity contribution in [1.82, 2.24) is 0 Å². The molecule has 0 aliphatic heterocycles. The SMILES string of the molecule is CCCCCCCCCCC[CH2][AlH2]. The van der Waals surface area contributed by atoms with Gasteiger partial charge in [0.1, 0.15) is 0 Å². The van der Waals surface area contributed by atoms with E-state index in [0.29, 0.717) is 0 Å². The summed E-state index contributed by atoms with van der Waals surface area (Å²) in [5.41, 5.74) is 0. The van der Waals surface area contributed by atoms with Crippen LogP contribution in [0.25, 0.3) is 0 Å². The van der Waals surface area contributed by atoms with Crippen LogP contribution in [0.15, 0.2) is 0 Å². The molecule has 1 heteroatoms. The van der Waals surface area contributed by atoms with Crippen LogP contribution >= 0.6 is 0 Å². The van der Waals surface area contributed by atoms with E-state index in [1.54, 1.807) is 0 Å². The van der Waals surface area contributed by atoms with E-state index in [-0.39, 0.29) is 0 Å². The van der Waals surface area contributed by atoms with Gasteiger partial charge in [-0.05, 0) is 0 Å². The lowest BCUT2D eigenvalue weighted by Crippen LogP contribution is -1.81. The number of hydrogen-bond donors (Lipinski definition) is 0. The van der Waals surface area contributed by atoms with E-state index in [0.717, 1.165) is 0 Å². The van der Waals surface area contributed by atoms with Gasteiger partial charge in [0.15, 0.2) is 0 Å². The molecule has 0 rings (SSSR count). The molecule has 0 saturated heterocycles. The first kappa shape index (κ1) is 13.5. The Morgan fingerprint density at radius 2 is 1.00 bits per heavy atom. The molecule has 0 saturated carbocycles. The maximum atomic E-state index is 2.29. The van der Waals surface area contributed by atoms with Crippen molar-refractivity contribution in [2.45, 2.75) is 76.4 Å². The topological polar surface area (TPSA) is 0 Å². The fourth-order valence-corrected chi connectivity index (χ4v) is 2.24. The molecule has 0 N–H and O–H groups in total. The van der Waals surface area contributed by atoms with Crippen LogP contribution in [0.1, 0.15) is 71.1 Å². The van der Waals surface area contributed by atoms with Gasteiger partial charge in [-0.1, -0.05) is 71.1 Å². The van der Waals surface area contributed by atoms with Crippen LogP contribution in [-0.2, 0) is 0 Å². The Morgan fingerprint density at radius 1 is 0.615 bits per heavy atom. The predicted molar refractivity (Wildman–Crippen MR) is 65.2 cm³/mol. The molecule has 0 spiro atoms. The molecule has 0 aromatic carbocycles. The van der Waals surface area contributed by atoms with Crippen molar-refractivity contribution in [1.29, 1.82) is 0 Å². The van der Waals surface area contributed by atoms with E-state index in [4.69, 9.17) is 0 Å². The highest BCUT2D eigenvalue weighted by molar-refractivity contribution is 6.08. The minimum absolute atomic E-state index is 1.38. The second kappa shape index (κ2) is 12.5. The van der Waals surface area contributed by atoms with Crippen molar-refractivity contribution in [3.63, 3.8) is 0 Å². The summed E-state index contributed by atoms with van der Waals surface area (Å²) >= 11 is 1.41. The lowest BCUT2D eigenvalue weighted by Gasteiger charge is -2.00. The molecule has 0 fully saturated rings. The molecule has 0 heterocycles. The van der Waals surface area contributed by atoms with Gasteiger partial charge in [0.25, 0.3) is 0 Å². The van der Waals surface area contributed by atoms with Crippen LogP contribution in [-0.4, -0.2) is 16.3 Å². The van der Waals surface area contributed by atoms with Crippen LogP contribution < -0.4 is 0 Å². The molecule has 0 unspecified atom stereocenters. The molecule has 13 heavy (non-hydrogen) atoms. The standard InChI is InChI=1S/C12H25.Al.2H/c1-3-5-7-9-11-12-10-8-6-4-2;;;/h1,3-12H2,2H3;;;. The summed E-state index contributed by atoms with van der Waals surface area (Å²) in [6.07, 6.45) is 14.7. The first-order valence-corrected chi connectivity index (χ1v) is 7.83. The van der Waals surface area contributed by atoms with Crippen LogP contribution in [0.3, 0.4) is 0 Å². The van der Waals surface area contributed by atoms with Crippen molar-refractivity contribution >= 4 is 16.3 Å². The van der Waals surface area contributed by atoms with Gasteiger partial charge >= 0.3 is 0 Å². The highest BCUT2D eigenvalue weighted by Gasteiger charge is 1.90. The highest BCUT2D eigenvalue weighted by Crippen LogP contribution is 2.10. The summed E-state index contributed by atoms with van der Waals surface area (Å²) in [5.74, 6) is 0. The smallest absolute Gasteiger partial charge is 0.101 e. The first-order valence-electron chi connectivity index (χ1n) is 6.41.